The third kappa shape index (κ3) is 5.69. The number of anilines is 1. The number of nitrogens with zero attached hydrogens (tertiary/aromatic N) is 1. The lowest BCUT2D eigenvalue weighted by Gasteiger charge is -2.25. The van der Waals surface area contributed by atoms with E-state index in [0.29, 0.717) is 12.1 Å². The third-order valence-corrected chi connectivity index (χ3v) is 2.63. The lowest BCUT2D eigenvalue weighted by atomic mass is 9.87. The molecule has 0 aliphatic rings. The van der Waals surface area contributed by atoms with Crippen molar-refractivity contribution in [2.75, 3.05) is 5.73 Å². The Morgan fingerprint density at radius 2 is 2.05 bits per heavy atom. The van der Waals surface area contributed by atoms with Crippen LogP contribution in [0.4, 0.5) is 5.69 Å². The summed E-state index contributed by atoms with van der Waals surface area (Å²) in [6.07, 6.45) is 1.85. The van der Waals surface area contributed by atoms with Crippen LogP contribution in [-0.2, 0) is 4.79 Å². The minimum Gasteiger partial charge on any atom is -0.481 e. The Labute approximate surface area is 118 Å². The highest BCUT2D eigenvalue weighted by Gasteiger charge is 2.23. The number of hydrogen-bond donors (Lipinski definition) is 3. The van der Waals surface area contributed by atoms with Crippen molar-refractivity contribution in [2.24, 2.45) is 5.41 Å². The second kappa shape index (κ2) is 6.36. The van der Waals surface area contributed by atoms with Crippen molar-refractivity contribution < 1.29 is 14.7 Å². The summed E-state index contributed by atoms with van der Waals surface area (Å²) < 4.78 is 0. The summed E-state index contributed by atoms with van der Waals surface area (Å²) >= 11 is 0. The maximum Gasteiger partial charge on any atom is 0.305 e. The van der Waals surface area contributed by atoms with Gasteiger partial charge in [0.2, 0.25) is 0 Å². The SMILES string of the molecule is CC(C)(C)CC(CC(=O)O)NC(=O)c1ccc(N)cn1. The van der Waals surface area contributed by atoms with Crippen LogP contribution >= 0.6 is 0 Å². The summed E-state index contributed by atoms with van der Waals surface area (Å²) in [5, 5.41) is 11.6. The smallest absolute Gasteiger partial charge is 0.305 e. The van der Waals surface area contributed by atoms with Crippen LogP contribution in [0.3, 0.4) is 0 Å². The van der Waals surface area contributed by atoms with E-state index in [9.17, 15) is 9.59 Å². The lowest BCUT2D eigenvalue weighted by Crippen LogP contribution is -2.39. The summed E-state index contributed by atoms with van der Waals surface area (Å²) in [4.78, 5) is 26.8. The molecule has 110 valence electrons. The van der Waals surface area contributed by atoms with Gasteiger partial charge in [0.05, 0.1) is 18.3 Å². The highest BCUT2D eigenvalue weighted by Crippen LogP contribution is 2.22. The fourth-order valence-electron chi connectivity index (χ4n) is 1.92. The molecule has 1 unspecified atom stereocenters. The molecule has 1 aromatic heterocycles. The number of aromatic nitrogens is 1. The summed E-state index contributed by atoms with van der Waals surface area (Å²) in [6, 6.07) is 2.66. The number of nitrogens with one attached hydrogen (secondary N) is 1. The van der Waals surface area contributed by atoms with Crippen molar-refractivity contribution in [1.29, 1.82) is 0 Å². The Kier molecular flexibility index (Phi) is 5.07. The number of nitrogens with two attached hydrogens (primary N) is 1. The molecule has 1 rings (SSSR count). The summed E-state index contributed by atoms with van der Waals surface area (Å²) in [7, 11) is 0. The molecule has 0 saturated heterocycles. The summed E-state index contributed by atoms with van der Waals surface area (Å²) in [6.45, 7) is 5.99. The number of rotatable bonds is 5. The average molecular weight is 279 g/mol. The van der Waals surface area contributed by atoms with Gasteiger partial charge < -0.3 is 16.2 Å². The minimum atomic E-state index is -0.940. The number of aliphatic carboxylic acids is 1. The molecular weight excluding hydrogens is 258 g/mol. The maximum absolute atomic E-state index is 12.0. The van der Waals surface area contributed by atoms with Crippen LogP contribution in [0.15, 0.2) is 18.3 Å². The Bertz CT molecular complexity index is 477. The fraction of sp³-hybridized carbons (Fsp3) is 0.500. The number of pyridine rings is 1. The van der Waals surface area contributed by atoms with Gasteiger partial charge in [0.1, 0.15) is 5.69 Å². The van der Waals surface area contributed by atoms with Crippen LogP contribution in [0.2, 0.25) is 0 Å². The van der Waals surface area contributed by atoms with E-state index >= 15 is 0 Å². The van der Waals surface area contributed by atoms with Crippen LogP contribution in [0, 0.1) is 5.41 Å². The molecule has 0 bridgehead atoms. The number of carbonyl (C=O) groups is 2. The maximum atomic E-state index is 12.0. The quantitative estimate of drug-likeness (QED) is 0.760. The first-order chi connectivity index (χ1) is 9.17. The first-order valence-electron chi connectivity index (χ1n) is 6.41. The Balaban J connectivity index is 2.75. The first-order valence-corrected chi connectivity index (χ1v) is 6.41. The molecule has 0 spiro atoms. The molecule has 0 saturated carbocycles. The lowest BCUT2D eigenvalue weighted by molar-refractivity contribution is -0.137. The van der Waals surface area contributed by atoms with Crippen molar-refractivity contribution in [3.63, 3.8) is 0 Å². The van der Waals surface area contributed by atoms with Crippen molar-refractivity contribution in [2.45, 2.75) is 39.7 Å². The van der Waals surface area contributed by atoms with Crippen LogP contribution in [0.5, 0.6) is 0 Å². The van der Waals surface area contributed by atoms with E-state index in [-0.39, 0.29) is 23.4 Å². The molecule has 6 heteroatoms. The summed E-state index contributed by atoms with van der Waals surface area (Å²) in [5.74, 6) is -1.33. The summed E-state index contributed by atoms with van der Waals surface area (Å²) in [5.41, 5.74) is 6.12. The second-order valence-corrected chi connectivity index (χ2v) is 6.01. The van der Waals surface area contributed by atoms with Crippen LogP contribution in [-0.4, -0.2) is 28.0 Å². The van der Waals surface area contributed by atoms with E-state index < -0.39 is 12.0 Å². The third-order valence-electron chi connectivity index (χ3n) is 2.63. The molecule has 0 radical (unpaired) electrons. The standard InChI is InChI=1S/C14H21N3O3/c1-14(2,3)7-10(6-12(18)19)17-13(20)11-5-4-9(15)8-16-11/h4-5,8,10H,6-7,15H2,1-3H3,(H,17,20)(H,18,19). The molecule has 0 aromatic carbocycles. The van der Waals surface area contributed by atoms with Crippen LogP contribution < -0.4 is 11.1 Å². The predicted molar refractivity (Wildman–Crippen MR) is 76.2 cm³/mol. The van der Waals surface area contributed by atoms with E-state index in [0.717, 1.165) is 0 Å². The van der Waals surface area contributed by atoms with E-state index in [2.05, 4.69) is 10.3 Å². The van der Waals surface area contributed by atoms with Gasteiger partial charge in [-0.05, 0) is 24.0 Å². The molecule has 20 heavy (non-hydrogen) atoms. The largest absolute Gasteiger partial charge is 0.481 e. The highest BCUT2D eigenvalue weighted by molar-refractivity contribution is 5.92. The number of carboxylic acid groups (broad SMARTS) is 1. The van der Waals surface area contributed by atoms with Gasteiger partial charge in [-0.15, -0.1) is 0 Å². The topological polar surface area (TPSA) is 105 Å². The monoisotopic (exact) mass is 279 g/mol. The average Bonchev–Trinajstić information content (AvgIpc) is 2.26. The van der Waals surface area contributed by atoms with Gasteiger partial charge in [0, 0.05) is 6.04 Å². The highest BCUT2D eigenvalue weighted by atomic mass is 16.4. The minimum absolute atomic E-state index is 0.0814. The molecular formula is C14H21N3O3. The first kappa shape index (κ1) is 15.9. The molecule has 1 aromatic rings. The molecule has 0 aliphatic heterocycles. The molecule has 4 N–H and O–H groups in total. The number of nitrogen functional groups attached to an aromatic ring is 1. The van der Waals surface area contributed by atoms with E-state index in [4.69, 9.17) is 10.8 Å². The molecule has 1 amide bonds. The van der Waals surface area contributed by atoms with Gasteiger partial charge in [0.25, 0.3) is 5.91 Å². The van der Waals surface area contributed by atoms with Gasteiger partial charge in [-0.1, -0.05) is 20.8 Å². The Morgan fingerprint density at radius 3 is 2.50 bits per heavy atom. The van der Waals surface area contributed by atoms with Crippen molar-refractivity contribution in [1.82, 2.24) is 10.3 Å². The number of amides is 1. The zero-order chi connectivity index (χ0) is 15.3. The van der Waals surface area contributed by atoms with Gasteiger partial charge >= 0.3 is 5.97 Å². The number of hydrogen-bond acceptors (Lipinski definition) is 4. The van der Waals surface area contributed by atoms with Crippen molar-refractivity contribution in [3.8, 4) is 0 Å². The second-order valence-electron chi connectivity index (χ2n) is 6.01. The molecule has 0 aliphatic carbocycles. The van der Waals surface area contributed by atoms with Crippen LogP contribution in [0.25, 0.3) is 0 Å². The Hall–Kier alpha value is -2.11. The predicted octanol–water partition coefficient (Wildman–Crippen LogP) is 1.67. The number of carbonyl (C=O) groups excluding carboxylic acids is 1. The fourth-order valence-corrected chi connectivity index (χ4v) is 1.92. The van der Waals surface area contributed by atoms with Gasteiger partial charge in [-0.25, -0.2) is 4.98 Å². The zero-order valence-electron chi connectivity index (χ0n) is 12.0. The van der Waals surface area contributed by atoms with E-state index in [1.165, 1.54) is 12.3 Å². The van der Waals surface area contributed by atoms with Gasteiger partial charge in [-0.2, -0.15) is 0 Å². The van der Waals surface area contributed by atoms with Crippen LogP contribution in [0.1, 0.15) is 44.1 Å². The number of carboxylic acids is 1. The molecule has 6 nitrogen and oxygen atoms in total. The molecule has 1 heterocycles. The normalized spacial score (nSPS) is 12.8. The van der Waals surface area contributed by atoms with Crippen molar-refractivity contribution in [3.05, 3.63) is 24.0 Å². The Morgan fingerprint density at radius 1 is 1.40 bits per heavy atom. The molecule has 0 fully saturated rings. The molecule has 1 atom stereocenters. The van der Waals surface area contributed by atoms with E-state index in [1.807, 2.05) is 20.8 Å². The zero-order valence-corrected chi connectivity index (χ0v) is 12.0. The van der Waals surface area contributed by atoms with Gasteiger partial charge in [0.15, 0.2) is 0 Å². The van der Waals surface area contributed by atoms with Crippen molar-refractivity contribution >= 4 is 17.6 Å². The van der Waals surface area contributed by atoms with Gasteiger partial charge in [-0.3, -0.25) is 9.59 Å². The van der Waals surface area contributed by atoms with E-state index in [1.54, 1.807) is 6.07 Å².